The zero-order valence-corrected chi connectivity index (χ0v) is 32.5. The molecule has 0 aliphatic carbocycles. The van der Waals surface area contributed by atoms with E-state index < -0.39 is 0 Å². The van der Waals surface area contributed by atoms with E-state index in [2.05, 4.69) is 71.6 Å². The van der Waals surface area contributed by atoms with Crippen molar-refractivity contribution < 1.29 is 0 Å². The molecule has 0 aliphatic heterocycles. The average molecular weight is 781 g/mol. The highest BCUT2D eigenvalue weighted by Crippen LogP contribution is 2.09. The Morgan fingerprint density at radius 3 is 1.07 bits per heavy atom. The zero-order chi connectivity index (χ0) is 40.4. The summed E-state index contributed by atoms with van der Waals surface area (Å²) in [5.74, 6) is 2.55. The maximum Gasteiger partial charge on any atom is 0.229 e. The van der Waals surface area contributed by atoms with E-state index in [1.165, 1.54) is 0 Å². The molecule has 2 aromatic heterocycles. The van der Waals surface area contributed by atoms with Crippen molar-refractivity contribution in [2.24, 2.45) is 22.9 Å². The molecule has 0 unspecified atom stereocenters. The van der Waals surface area contributed by atoms with Crippen LogP contribution in [0.3, 0.4) is 0 Å². The molecule has 3 aromatic rings. The summed E-state index contributed by atoms with van der Waals surface area (Å²) in [6, 6.07) is 7.38. The van der Waals surface area contributed by atoms with Crippen LogP contribution < -0.4 is 66.3 Å². The number of benzene rings is 1. The minimum atomic E-state index is 0.135. The van der Waals surface area contributed by atoms with Crippen LogP contribution in [0.5, 0.6) is 0 Å². The van der Waals surface area contributed by atoms with E-state index in [-0.39, 0.29) is 11.9 Å². The van der Waals surface area contributed by atoms with Gasteiger partial charge in [-0.1, -0.05) is 24.3 Å². The first kappa shape index (κ1) is 45.1. The van der Waals surface area contributed by atoms with E-state index in [0.717, 1.165) is 76.1 Å². The quantitative estimate of drug-likeness (QED) is 0.0199. The van der Waals surface area contributed by atoms with Gasteiger partial charge in [-0.05, 0) is 25.7 Å². The number of nitrogens with one attached hydrogen (secondary N) is 8. The molecular weight excluding hydrogens is 717 g/mol. The summed E-state index contributed by atoms with van der Waals surface area (Å²) in [6.45, 7) is 10.7. The van der Waals surface area contributed by atoms with Gasteiger partial charge in [-0.25, -0.2) is 0 Å². The van der Waals surface area contributed by atoms with E-state index in [9.17, 15) is 0 Å². The number of nitrogens with two attached hydrogens (primary N) is 6. The molecule has 56 heavy (non-hydrogen) atoms. The van der Waals surface area contributed by atoms with E-state index >= 15 is 0 Å². The Labute approximate surface area is 329 Å². The molecule has 0 aliphatic rings. The van der Waals surface area contributed by atoms with E-state index in [1.54, 1.807) is 0 Å². The molecule has 1 aromatic carbocycles. The number of aromatic nitrogens is 6. The normalized spacial score (nSPS) is 11.1. The van der Waals surface area contributed by atoms with Crippen molar-refractivity contribution in [2.45, 2.75) is 25.7 Å². The maximum absolute atomic E-state index is 8.43. The molecule has 310 valence electrons. The third-order valence-corrected chi connectivity index (χ3v) is 8.35. The van der Waals surface area contributed by atoms with Gasteiger partial charge < -0.3 is 66.3 Å². The first-order chi connectivity index (χ1) is 27.2. The van der Waals surface area contributed by atoms with Crippen LogP contribution in [0.15, 0.2) is 24.3 Å². The van der Waals surface area contributed by atoms with Crippen LogP contribution in [0, 0.1) is 10.8 Å². The van der Waals surface area contributed by atoms with Gasteiger partial charge in [-0.2, -0.15) is 29.9 Å². The molecule has 0 saturated carbocycles. The van der Waals surface area contributed by atoms with Crippen LogP contribution in [0.1, 0.15) is 36.8 Å². The SMILES string of the molecule is N=C(NCCCCNc1nc(N)nc(NCCN(CCN)CCN)n1)c1ccc(C(=N)NCCCCNc2nc(N)nc(NCCN(CCN)CCN)n2)cc1. The van der Waals surface area contributed by atoms with Crippen LogP contribution in [0.4, 0.5) is 35.7 Å². The number of amidine groups is 2. The Morgan fingerprint density at radius 1 is 0.446 bits per heavy atom. The standard InChI is InChI=1S/C34H64N22/c35-9-19-55(20-10-36)23-17-47-33-51-29(41)49-31(53-33)45-15-3-1-13-43-27(39)25-5-7-26(8-6-25)28(40)44-14-2-4-16-46-32-50-30(42)52-34(54-32)48-18-24-56(21-11-37)22-12-38/h5-8H,1-4,9-24,35-38H2,(H2,39,43)(H2,40,44)(H4,41,45,47,49,51,53)(H4,42,46,48,50,52,54). The largest absolute Gasteiger partial charge is 0.370 e. The molecule has 3 rings (SSSR count). The zero-order valence-electron chi connectivity index (χ0n) is 32.5. The Balaban J connectivity index is 1.27. The van der Waals surface area contributed by atoms with Gasteiger partial charge in [-0.3, -0.25) is 20.6 Å². The van der Waals surface area contributed by atoms with Gasteiger partial charge in [0.15, 0.2) is 0 Å². The highest BCUT2D eigenvalue weighted by molar-refractivity contribution is 5.99. The fourth-order valence-electron chi connectivity index (χ4n) is 5.49. The molecule has 2 heterocycles. The molecular formula is C34H64N22. The van der Waals surface area contributed by atoms with Gasteiger partial charge in [0.1, 0.15) is 11.7 Å². The lowest BCUT2D eigenvalue weighted by molar-refractivity contribution is 0.300. The van der Waals surface area contributed by atoms with Gasteiger partial charge in [0.25, 0.3) is 0 Å². The predicted octanol–water partition coefficient (Wildman–Crippen LogP) is -1.90. The Hall–Kier alpha value is -5.26. The first-order valence-electron chi connectivity index (χ1n) is 19.2. The summed E-state index contributed by atoms with van der Waals surface area (Å²) in [5.41, 5.74) is 36.0. The number of unbranched alkanes of at least 4 members (excludes halogenated alkanes) is 2. The number of anilines is 6. The fourth-order valence-corrected chi connectivity index (χ4v) is 5.49. The van der Waals surface area contributed by atoms with Crippen molar-refractivity contribution in [1.82, 2.24) is 50.3 Å². The first-order valence-corrected chi connectivity index (χ1v) is 19.2. The summed E-state index contributed by atoms with van der Waals surface area (Å²) in [5, 5.41) is 36.0. The minimum absolute atomic E-state index is 0.135. The van der Waals surface area contributed by atoms with Crippen LogP contribution in [-0.4, -0.2) is 156 Å². The molecule has 0 fully saturated rings. The third kappa shape index (κ3) is 17.9. The minimum Gasteiger partial charge on any atom is -0.370 e. The van der Waals surface area contributed by atoms with Crippen molar-refractivity contribution in [3.63, 3.8) is 0 Å². The number of nitrogens with zero attached hydrogens (tertiary/aromatic N) is 8. The van der Waals surface area contributed by atoms with Gasteiger partial charge in [0, 0.05) is 116 Å². The van der Waals surface area contributed by atoms with Crippen molar-refractivity contribution >= 4 is 47.4 Å². The summed E-state index contributed by atoms with van der Waals surface area (Å²) >= 11 is 0. The highest BCUT2D eigenvalue weighted by atomic mass is 15.3. The van der Waals surface area contributed by atoms with Crippen molar-refractivity contribution in [1.29, 1.82) is 10.8 Å². The molecule has 22 heteroatoms. The van der Waals surface area contributed by atoms with Gasteiger partial charge in [-0.15, -0.1) is 0 Å². The van der Waals surface area contributed by atoms with E-state index in [0.29, 0.717) is 101 Å². The number of hydrogen-bond acceptors (Lipinski definition) is 20. The summed E-state index contributed by atoms with van der Waals surface area (Å²) in [4.78, 5) is 29.8. The Bertz CT molecular complexity index is 1430. The molecule has 22 nitrogen and oxygen atoms in total. The summed E-state index contributed by atoms with van der Waals surface area (Å²) in [6.07, 6.45) is 3.31. The number of rotatable bonds is 30. The van der Waals surface area contributed by atoms with Crippen LogP contribution in [-0.2, 0) is 0 Å². The lowest BCUT2D eigenvalue weighted by Crippen LogP contribution is -2.37. The predicted molar refractivity (Wildman–Crippen MR) is 226 cm³/mol. The number of hydrogen-bond donors (Lipinski definition) is 14. The van der Waals surface area contributed by atoms with E-state index in [1.807, 2.05) is 24.3 Å². The van der Waals surface area contributed by atoms with Gasteiger partial charge in [0.2, 0.25) is 35.7 Å². The van der Waals surface area contributed by atoms with Crippen molar-refractivity contribution in [3.8, 4) is 0 Å². The van der Waals surface area contributed by atoms with Crippen LogP contribution in [0.2, 0.25) is 0 Å². The molecule has 0 amide bonds. The van der Waals surface area contributed by atoms with Crippen LogP contribution in [0.25, 0.3) is 0 Å². The molecule has 20 N–H and O–H groups in total. The molecule has 0 saturated heterocycles. The topological polar surface area (TPSA) is 360 Å². The van der Waals surface area contributed by atoms with Crippen LogP contribution >= 0.6 is 0 Å². The van der Waals surface area contributed by atoms with E-state index in [4.69, 9.17) is 45.2 Å². The highest BCUT2D eigenvalue weighted by Gasteiger charge is 2.09. The van der Waals surface area contributed by atoms with Gasteiger partial charge in [0.05, 0.1) is 0 Å². The van der Waals surface area contributed by atoms with Crippen molar-refractivity contribution in [3.05, 3.63) is 35.4 Å². The van der Waals surface area contributed by atoms with Crippen molar-refractivity contribution in [2.75, 3.05) is 137 Å². The summed E-state index contributed by atoms with van der Waals surface area (Å²) in [7, 11) is 0. The lowest BCUT2D eigenvalue weighted by atomic mass is 10.1. The third-order valence-electron chi connectivity index (χ3n) is 8.35. The summed E-state index contributed by atoms with van der Waals surface area (Å²) < 4.78 is 0. The molecule has 0 bridgehead atoms. The fraction of sp³-hybridized carbons (Fsp3) is 0.588. The average Bonchev–Trinajstić information content (AvgIpc) is 3.17. The Kier molecular flexibility index (Phi) is 21.4. The monoisotopic (exact) mass is 781 g/mol. The molecule has 0 radical (unpaired) electrons. The maximum atomic E-state index is 8.43. The second-order valence-electron chi connectivity index (χ2n) is 12.8. The lowest BCUT2D eigenvalue weighted by Gasteiger charge is -2.20. The smallest absolute Gasteiger partial charge is 0.229 e. The molecule has 0 atom stereocenters. The second kappa shape index (κ2) is 26.5. The molecule has 0 spiro atoms. The Morgan fingerprint density at radius 2 is 0.750 bits per heavy atom. The second-order valence-corrected chi connectivity index (χ2v) is 12.8. The number of nitrogen functional groups attached to an aromatic ring is 2. The van der Waals surface area contributed by atoms with Gasteiger partial charge >= 0.3 is 0 Å².